The zero-order chi connectivity index (χ0) is 13.7. The van der Waals surface area contributed by atoms with Gasteiger partial charge in [0.25, 0.3) is 5.91 Å². The molecule has 1 aromatic carbocycles. The van der Waals surface area contributed by atoms with Crippen molar-refractivity contribution in [2.45, 2.75) is 6.04 Å². The van der Waals surface area contributed by atoms with E-state index in [-0.39, 0.29) is 5.56 Å². The van der Waals surface area contributed by atoms with Gasteiger partial charge in [0.1, 0.15) is 12.4 Å². The average Bonchev–Trinajstić information content (AvgIpc) is 2.34. The molecule has 0 saturated heterocycles. The lowest BCUT2D eigenvalue weighted by atomic mass is 10.2. The highest BCUT2D eigenvalue weighted by molar-refractivity contribution is 14.1. The van der Waals surface area contributed by atoms with Gasteiger partial charge in [-0.3, -0.25) is 4.79 Å². The number of rotatable bonds is 5. The van der Waals surface area contributed by atoms with Crippen LogP contribution in [-0.4, -0.2) is 36.8 Å². The summed E-state index contributed by atoms with van der Waals surface area (Å²) in [5, 5.41) is 10.7. The van der Waals surface area contributed by atoms with Gasteiger partial charge in [0.05, 0.1) is 12.7 Å². The summed E-state index contributed by atoms with van der Waals surface area (Å²) in [7, 11) is 1.49. The van der Waals surface area contributed by atoms with Gasteiger partial charge in [-0.1, -0.05) is 0 Å². The predicted molar refractivity (Wildman–Crippen MR) is 70.6 cm³/mol. The summed E-state index contributed by atoms with van der Waals surface area (Å²) in [5.74, 6) is -1.46. The van der Waals surface area contributed by atoms with E-state index < -0.39 is 24.6 Å². The lowest BCUT2D eigenvalue weighted by Crippen LogP contribution is -2.42. The van der Waals surface area contributed by atoms with Crippen LogP contribution < -0.4 is 10.1 Å². The standard InChI is InChI=1S/C11H11FINO4/c1-18-6-2-3-7(8(13)4-6)10(15)14-9(5-12)11(16)17/h2-4,9H,5H2,1H3,(H,14,15)(H,16,17). The largest absolute Gasteiger partial charge is 0.497 e. The molecule has 0 fully saturated rings. The van der Waals surface area contributed by atoms with Crippen molar-refractivity contribution >= 4 is 34.5 Å². The third-order valence-electron chi connectivity index (χ3n) is 2.18. The summed E-state index contributed by atoms with van der Waals surface area (Å²) in [4.78, 5) is 22.4. The molecule has 0 aliphatic carbocycles. The molecule has 1 unspecified atom stereocenters. The number of carbonyl (C=O) groups excluding carboxylic acids is 1. The number of benzene rings is 1. The third-order valence-corrected chi connectivity index (χ3v) is 3.07. The van der Waals surface area contributed by atoms with Crippen molar-refractivity contribution in [3.8, 4) is 5.75 Å². The van der Waals surface area contributed by atoms with E-state index in [4.69, 9.17) is 9.84 Å². The van der Waals surface area contributed by atoms with Crippen LogP contribution in [0.4, 0.5) is 4.39 Å². The zero-order valence-electron chi connectivity index (χ0n) is 9.44. The van der Waals surface area contributed by atoms with Crippen LogP contribution in [0.1, 0.15) is 10.4 Å². The first-order valence-corrected chi connectivity index (χ1v) is 6.00. The molecule has 0 spiro atoms. The summed E-state index contributed by atoms with van der Waals surface area (Å²) in [6.45, 7) is -1.16. The molecule has 18 heavy (non-hydrogen) atoms. The van der Waals surface area contributed by atoms with Crippen molar-refractivity contribution in [1.29, 1.82) is 0 Å². The number of carboxylic acids is 1. The molecule has 2 N–H and O–H groups in total. The number of hydrogen-bond acceptors (Lipinski definition) is 3. The highest BCUT2D eigenvalue weighted by atomic mass is 127. The van der Waals surface area contributed by atoms with Crippen LogP contribution in [0.25, 0.3) is 0 Å². The minimum atomic E-state index is -1.53. The number of nitrogens with one attached hydrogen (secondary N) is 1. The van der Waals surface area contributed by atoms with Crippen molar-refractivity contribution < 1.29 is 23.8 Å². The Morgan fingerprint density at radius 2 is 2.22 bits per heavy atom. The molecule has 1 atom stereocenters. The molecule has 5 nitrogen and oxygen atoms in total. The first kappa shape index (κ1) is 14.7. The number of aliphatic carboxylic acids is 1. The van der Waals surface area contributed by atoms with E-state index >= 15 is 0 Å². The minimum Gasteiger partial charge on any atom is -0.497 e. The summed E-state index contributed by atoms with van der Waals surface area (Å²) in [6, 6.07) is 3.16. The van der Waals surface area contributed by atoms with Gasteiger partial charge in [-0.25, -0.2) is 9.18 Å². The molecule has 0 aliphatic heterocycles. The number of alkyl halides is 1. The molecule has 0 saturated carbocycles. The lowest BCUT2D eigenvalue weighted by molar-refractivity contribution is -0.139. The third kappa shape index (κ3) is 3.56. The lowest BCUT2D eigenvalue weighted by Gasteiger charge is -2.12. The van der Waals surface area contributed by atoms with Crippen LogP contribution >= 0.6 is 22.6 Å². The van der Waals surface area contributed by atoms with Gasteiger partial charge in [-0.2, -0.15) is 0 Å². The van der Waals surface area contributed by atoms with E-state index in [9.17, 15) is 14.0 Å². The quantitative estimate of drug-likeness (QED) is 0.773. The molecule has 0 aromatic heterocycles. The Morgan fingerprint density at radius 3 is 2.67 bits per heavy atom. The van der Waals surface area contributed by atoms with Gasteiger partial charge in [0.2, 0.25) is 0 Å². The molecular formula is C11H11FINO4. The van der Waals surface area contributed by atoms with Gasteiger partial charge in [-0.05, 0) is 40.8 Å². The maximum atomic E-state index is 12.4. The number of ether oxygens (including phenoxy) is 1. The molecule has 0 radical (unpaired) electrons. The second-order valence-corrected chi connectivity index (χ2v) is 4.53. The molecule has 0 heterocycles. The first-order chi connectivity index (χ1) is 8.49. The Labute approximate surface area is 116 Å². The predicted octanol–water partition coefficient (Wildman–Crippen LogP) is 1.45. The van der Waals surface area contributed by atoms with E-state index in [2.05, 4.69) is 5.32 Å². The zero-order valence-corrected chi connectivity index (χ0v) is 11.6. The van der Waals surface area contributed by atoms with Crippen LogP contribution in [-0.2, 0) is 4.79 Å². The fourth-order valence-electron chi connectivity index (χ4n) is 1.21. The summed E-state index contributed by atoms with van der Waals surface area (Å²) in [6.07, 6.45) is 0. The number of halogens is 2. The molecule has 1 aromatic rings. The second kappa shape index (κ2) is 6.53. The Hall–Kier alpha value is -1.38. The van der Waals surface area contributed by atoms with Crippen LogP contribution in [0.5, 0.6) is 5.75 Å². The summed E-state index contributed by atoms with van der Waals surface area (Å²) < 4.78 is 18.0. The molecule has 7 heteroatoms. The Balaban J connectivity index is 2.87. The highest BCUT2D eigenvalue weighted by Crippen LogP contribution is 2.19. The van der Waals surface area contributed by atoms with Crippen LogP contribution in [0, 0.1) is 3.57 Å². The Morgan fingerprint density at radius 1 is 1.56 bits per heavy atom. The number of amides is 1. The molecule has 1 amide bonds. The minimum absolute atomic E-state index is 0.274. The summed E-state index contributed by atoms with van der Waals surface area (Å²) >= 11 is 1.92. The van der Waals surface area contributed by atoms with Crippen molar-refractivity contribution in [2.24, 2.45) is 0 Å². The topological polar surface area (TPSA) is 75.6 Å². The second-order valence-electron chi connectivity index (χ2n) is 3.36. The van der Waals surface area contributed by atoms with Crippen molar-refractivity contribution in [1.82, 2.24) is 5.32 Å². The van der Waals surface area contributed by atoms with Gasteiger partial charge in [-0.15, -0.1) is 0 Å². The van der Waals surface area contributed by atoms with Gasteiger partial charge in [0.15, 0.2) is 6.04 Å². The normalized spacial score (nSPS) is 11.7. The van der Waals surface area contributed by atoms with Gasteiger partial charge >= 0.3 is 5.97 Å². The SMILES string of the molecule is COc1ccc(C(=O)NC(CF)C(=O)O)c(I)c1. The van der Waals surface area contributed by atoms with Crippen LogP contribution in [0.15, 0.2) is 18.2 Å². The van der Waals surface area contributed by atoms with E-state index in [0.717, 1.165) is 0 Å². The number of hydrogen-bond donors (Lipinski definition) is 2. The highest BCUT2D eigenvalue weighted by Gasteiger charge is 2.21. The fourth-order valence-corrected chi connectivity index (χ4v) is 1.94. The average molecular weight is 367 g/mol. The van der Waals surface area contributed by atoms with E-state index in [1.165, 1.54) is 13.2 Å². The van der Waals surface area contributed by atoms with Gasteiger partial charge in [0, 0.05) is 3.57 Å². The van der Waals surface area contributed by atoms with E-state index in [0.29, 0.717) is 9.32 Å². The summed E-state index contributed by atoms with van der Waals surface area (Å²) in [5.41, 5.74) is 0.274. The monoisotopic (exact) mass is 367 g/mol. The molecule has 1 rings (SSSR count). The molecular weight excluding hydrogens is 356 g/mol. The van der Waals surface area contributed by atoms with Crippen molar-refractivity contribution in [3.63, 3.8) is 0 Å². The Bertz CT molecular complexity index is 466. The number of carbonyl (C=O) groups is 2. The Kier molecular flexibility index (Phi) is 5.32. The van der Waals surface area contributed by atoms with Crippen LogP contribution in [0.3, 0.4) is 0 Å². The maximum Gasteiger partial charge on any atom is 0.328 e. The molecule has 0 bridgehead atoms. The molecule has 0 aliphatic rings. The fraction of sp³-hybridized carbons (Fsp3) is 0.273. The molecule has 98 valence electrons. The first-order valence-electron chi connectivity index (χ1n) is 4.92. The number of methoxy groups -OCH3 is 1. The van der Waals surface area contributed by atoms with E-state index in [1.54, 1.807) is 12.1 Å². The van der Waals surface area contributed by atoms with Crippen molar-refractivity contribution in [2.75, 3.05) is 13.8 Å². The van der Waals surface area contributed by atoms with E-state index in [1.807, 2.05) is 22.6 Å². The number of carboxylic acid groups (broad SMARTS) is 1. The smallest absolute Gasteiger partial charge is 0.328 e. The van der Waals surface area contributed by atoms with Crippen LogP contribution in [0.2, 0.25) is 0 Å². The van der Waals surface area contributed by atoms with Crippen molar-refractivity contribution in [3.05, 3.63) is 27.3 Å². The maximum absolute atomic E-state index is 12.4. The van der Waals surface area contributed by atoms with Gasteiger partial charge < -0.3 is 15.2 Å².